The topological polar surface area (TPSA) is 58.5 Å². The molecule has 1 aliphatic rings. The van der Waals surface area contributed by atoms with E-state index in [0.717, 1.165) is 33.4 Å². The first-order valence-electron chi connectivity index (χ1n) is 10.5. The Hall–Kier alpha value is -3.93. The van der Waals surface area contributed by atoms with Crippen molar-refractivity contribution in [3.05, 3.63) is 108 Å². The van der Waals surface area contributed by atoms with Gasteiger partial charge in [0.2, 0.25) is 5.91 Å². The van der Waals surface area contributed by atoms with Gasteiger partial charge in [-0.1, -0.05) is 36.4 Å². The normalized spacial score (nSPS) is 16.7. The predicted octanol–water partition coefficient (Wildman–Crippen LogP) is 4.73. The molecule has 1 unspecified atom stereocenters. The number of hydrazone groups is 1. The van der Waals surface area contributed by atoms with Crippen LogP contribution in [0.4, 0.5) is 4.39 Å². The molecule has 1 saturated heterocycles. The van der Waals surface area contributed by atoms with Crippen molar-refractivity contribution < 1.29 is 9.18 Å². The Morgan fingerprint density at radius 2 is 1.78 bits per heavy atom. The van der Waals surface area contributed by atoms with Gasteiger partial charge in [-0.2, -0.15) is 5.10 Å². The Kier molecular flexibility index (Phi) is 5.42. The molecule has 3 heterocycles. The van der Waals surface area contributed by atoms with Gasteiger partial charge in [0, 0.05) is 36.5 Å². The van der Waals surface area contributed by atoms with E-state index >= 15 is 0 Å². The van der Waals surface area contributed by atoms with Crippen molar-refractivity contribution in [3.63, 3.8) is 0 Å². The van der Waals surface area contributed by atoms with Gasteiger partial charge in [0.25, 0.3) is 0 Å². The van der Waals surface area contributed by atoms with Gasteiger partial charge >= 0.3 is 0 Å². The standard InChI is InChI=1S/C26H21FN4O/c27-21-10-8-18(9-11-21)20-16-26(32)31(17-20)30-25(24-7-3-4-13-28-24)15-19-12-14-29-23-6-2-1-5-22(19)23/h1-14,20H,15-17H2. The fourth-order valence-corrected chi connectivity index (χ4v) is 4.09. The molecule has 158 valence electrons. The SMILES string of the molecule is O=C1CC(c2ccc(F)cc2)CN1N=C(Cc1ccnc2ccccc12)c1ccccn1. The van der Waals surface area contributed by atoms with Gasteiger partial charge < -0.3 is 0 Å². The monoisotopic (exact) mass is 424 g/mol. The molecule has 2 aromatic heterocycles. The number of halogens is 1. The summed E-state index contributed by atoms with van der Waals surface area (Å²) in [7, 11) is 0. The number of para-hydroxylation sites is 1. The second-order valence-corrected chi connectivity index (χ2v) is 7.85. The molecule has 1 fully saturated rings. The summed E-state index contributed by atoms with van der Waals surface area (Å²) in [4.78, 5) is 21.7. The highest BCUT2D eigenvalue weighted by Crippen LogP contribution is 2.29. The van der Waals surface area contributed by atoms with Gasteiger partial charge in [0.15, 0.2) is 0 Å². The molecular weight excluding hydrogens is 403 g/mol. The molecule has 0 N–H and O–H groups in total. The Morgan fingerprint density at radius 1 is 0.969 bits per heavy atom. The summed E-state index contributed by atoms with van der Waals surface area (Å²) < 4.78 is 13.3. The Morgan fingerprint density at radius 3 is 2.59 bits per heavy atom. The molecule has 6 heteroatoms. The average Bonchev–Trinajstić information content (AvgIpc) is 3.20. The minimum Gasteiger partial charge on any atom is -0.273 e. The highest BCUT2D eigenvalue weighted by Gasteiger charge is 2.31. The van der Waals surface area contributed by atoms with E-state index in [4.69, 9.17) is 5.10 Å². The molecule has 5 nitrogen and oxygen atoms in total. The molecule has 1 aliphatic heterocycles. The molecule has 0 spiro atoms. The van der Waals surface area contributed by atoms with Crippen LogP contribution in [-0.4, -0.2) is 33.1 Å². The smallest absolute Gasteiger partial charge is 0.243 e. The lowest BCUT2D eigenvalue weighted by Crippen LogP contribution is -2.23. The number of amides is 1. The maximum atomic E-state index is 13.3. The summed E-state index contributed by atoms with van der Waals surface area (Å²) in [5.74, 6) is -0.346. The van der Waals surface area contributed by atoms with Crippen LogP contribution in [-0.2, 0) is 11.2 Å². The van der Waals surface area contributed by atoms with Gasteiger partial charge in [-0.05, 0) is 47.5 Å². The molecule has 5 rings (SSSR count). The molecule has 2 aromatic carbocycles. The van der Waals surface area contributed by atoms with Crippen LogP contribution in [0.1, 0.15) is 29.2 Å². The van der Waals surface area contributed by atoms with Gasteiger partial charge in [-0.3, -0.25) is 14.8 Å². The van der Waals surface area contributed by atoms with Crippen molar-refractivity contribution in [1.29, 1.82) is 0 Å². The third-order valence-electron chi connectivity index (χ3n) is 5.74. The molecule has 4 aromatic rings. The zero-order valence-corrected chi connectivity index (χ0v) is 17.4. The summed E-state index contributed by atoms with van der Waals surface area (Å²) in [6.45, 7) is 0.456. The highest BCUT2D eigenvalue weighted by molar-refractivity contribution is 6.02. The molecule has 32 heavy (non-hydrogen) atoms. The number of pyridine rings is 2. The summed E-state index contributed by atoms with van der Waals surface area (Å²) in [5, 5.41) is 7.35. The maximum absolute atomic E-state index is 13.3. The highest BCUT2D eigenvalue weighted by atomic mass is 19.1. The summed E-state index contributed by atoms with van der Waals surface area (Å²) in [6, 6.07) is 22.0. The van der Waals surface area contributed by atoms with Crippen molar-refractivity contribution in [1.82, 2.24) is 15.0 Å². The molecule has 0 saturated carbocycles. The Balaban J connectivity index is 1.48. The zero-order valence-electron chi connectivity index (χ0n) is 17.4. The summed E-state index contributed by atoms with van der Waals surface area (Å²) in [5.41, 5.74) is 4.37. The van der Waals surface area contributed by atoms with Crippen LogP contribution >= 0.6 is 0 Å². The van der Waals surface area contributed by atoms with E-state index in [1.807, 2.05) is 48.5 Å². The second-order valence-electron chi connectivity index (χ2n) is 7.85. The second kappa shape index (κ2) is 8.67. The van der Waals surface area contributed by atoms with Gasteiger partial charge in [0.1, 0.15) is 5.82 Å². The first-order chi connectivity index (χ1) is 15.7. The van der Waals surface area contributed by atoms with E-state index in [1.165, 1.54) is 17.1 Å². The third kappa shape index (κ3) is 4.12. The first-order valence-corrected chi connectivity index (χ1v) is 10.5. The molecule has 0 bridgehead atoms. The van der Waals surface area contributed by atoms with E-state index < -0.39 is 0 Å². The van der Waals surface area contributed by atoms with Crippen LogP contribution < -0.4 is 0 Å². The number of aromatic nitrogens is 2. The van der Waals surface area contributed by atoms with Crippen LogP contribution in [0.2, 0.25) is 0 Å². The lowest BCUT2D eigenvalue weighted by molar-refractivity contribution is -0.127. The van der Waals surface area contributed by atoms with Crippen LogP contribution in [0, 0.1) is 5.82 Å². The fourth-order valence-electron chi connectivity index (χ4n) is 4.09. The molecule has 1 amide bonds. The van der Waals surface area contributed by atoms with Crippen molar-refractivity contribution >= 4 is 22.5 Å². The number of carbonyl (C=O) groups is 1. The summed E-state index contributed by atoms with van der Waals surface area (Å²) in [6.07, 6.45) is 4.38. The van der Waals surface area contributed by atoms with Crippen molar-refractivity contribution in [3.8, 4) is 0 Å². The number of rotatable bonds is 5. The zero-order chi connectivity index (χ0) is 21.9. The number of hydrogen-bond donors (Lipinski definition) is 0. The van der Waals surface area contributed by atoms with E-state index in [0.29, 0.717) is 19.4 Å². The van der Waals surface area contributed by atoms with E-state index in [-0.39, 0.29) is 17.6 Å². The minimum absolute atomic E-state index is 0.0152. The molecule has 0 aliphatic carbocycles. The molecular formula is C26H21FN4O. The van der Waals surface area contributed by atoms with Crippen molar-refractivity contribution in [2.24, 2.45) is 5.10 Å². The maximum Gasteiger partial charge on any atom is 0.243 e. The quantitative estimate of drug-likeness (QED) is 0.435. The summed E-state index contributed by atoms with van der Waals surface area (Å²) >= 11 is 0. The average molecular weight is 424 g/mol. The predicted molar refractivity (Wildman–Crippen MR) is 122 cm³/mol. The van der Waals surface area contributed by atoms with Gasteiger partial charge in [0.05, 0.1) is 23.5 Å². The number of fused-ring (bicyclic) bond motifs is 1. The lowest BCUT2D eigenvalue weighted by Gasteiger charge is -2.15. The largest absolute Gasteiger partial charge is 0.273 e. The van der Waals surface area contributed by atoms with Crippen molar-refractivity contribution in [2.45, 2.75) is 18.8 Å². The number of carbonyl (C=O) groups excluding carboxylic acids is 1. The van der Waals surface area contributed by atoms with Crippen LogP contribution in [0.5, 0.6) is 0 Å². The van der Waals surface area contributed by atoms with Crippen LogP contribution in [0.25, 0.3) is 10.9 Å². The van der Waals surface area contributed by atoms with E-state index in [9.17, 15) is 9.18 Å². The van der Waals surface area contributed by atoms with E-state index in [1.54, 1.807) is 24.5 Å². The number of hydrogen-bond acceptors (Lipinski definition) is 4. The van der Waals surface area contributed by atoms with Gasteiger partial charge in [-0.15, -0.1) is 0 Å². The molecule has 1 atom stereocenters. The van der Waals surface area contributed by atoms with Crippen LogP contribution in [0.15, 0.2) is 90.3 Å². The minimum atomic E-state index is -0.282. The van der Waals surface area contributed by atoms with E-state index in [2.05, 4.69) is 9.97 Å². The van der Waals surface area contributed by atoms with Gasteiger partial charge in [-0.25, -0.2) is 9.40 Å². The Bertz CT molecular complexity index is 1280. The fraction of sp³-hybridized carbons (Fsp3) is 0.154. The third-order valence-corrected chi connectivity index (χ3v) is 5.74. The lowest BCUT2D eigenvalue weighted by atomic mass is 9.98. The number of nitrogens with zero attached hydrogens (tertiary/aromatic N) is 4. The first kappa shape index (κ1) is 20.0. The Labute approximate surface area is 185 Å². The van der Waals surface area contributed by atoms with Crippen molar-refractivity contribution in [2.75, 3.05) is 6.54 Å². The molecule has 0 radical (unpaired) electrons. The number of benzene rings is 2. The van der Waals surface area contributed by atoms with Crippen LogP contribution in [0.3, 0.4) is 0 Å².